The fraction of sp³-hybridized carbons (Fsp3) is 0.162. The zero-order valence-electron chi connectivity index (χ0n) is 34.0. The number of aromatic hydroxyl groups is 1. The molecule has 5 aromatic carbocycles. The van der Waals surface area contributed by atoms with Gasteiger partial charge in [-0.15, -0.1) is 0 Å². The maximum absolute atomic E-state index is 11.7. The Hall–Kier alpha value is -3.54. The summed E-state index contributed by atoms with van der Waals surface area (Å²) in [5.41, 5.74) is 2.33. The summed E-state index contributed by atoms with van der Waals surface area (Å²) in [6.45, 7) is 0. The van der Waals surface area contributed by atoms with Crippen molar-refractivity contribution in [2.75, 3.05) is 0 Å². The van der Waals surface area contributed by atoms with E-state index in [-0.39, 0.29) is 33.7 Å². The molecule has 5 heteroatoms. The van der Waals surface area contributed by atoms with Crippen LogP contribution >= 0.6 is 0 Å². The van der Waals surface area contributed by atoms with Gasteiger partial charge in [-0.25, -0.2) is 0 Å². The quantitative estimate of drug-likeness (QED) is 0.116. The monoisotopic (exact) mass is 682 g/mol. The number of para-hydroxylation sites is 3. The van der Waals surface area contributed by atoms with Gasteiger partial charge in [0.1, 0.15) is 0 Å². The molecule has 208 valence electrons. The standard InChI is InChI=1S/C37H36Ge2N2O/c1-38(2)22-23-39(3,4)36-32(38)24-29(25-35(36)42)40-26-41(34-21-12-11-20-33(34)40)37-30(27-14-7-5-8-15-27)18-13-19-31(37)28-16-9-6-10-17-28/h5-21,24-25,42H,22-23H2,1-4H3/i5D,6D,7D,8D,9D,10D,14D,15D,16D,17D. The van der Waals surface area contributed by atoms with Gasteiger partial charge in [-0.3, -0.25) is 0 Å². The maximum atomic E-state index is 11.7. The van der Waals surface area contributed by atoms with Crippen molar-refractivity contribution >= 4 is 46.4 Å². The summed E-state index contributed by atoms with van der Waals surface area (Å²) in [6.07, 6.45) is 3.44. The van der Waals surface area contributed by atoms with Gasteiger partial charge in [0.2, 0.25) is 0 Å². The molecule has 0 atom stereocenters. The van der Waals surface area contributed by atoms with Crippen molar-refractivity contribution in [3.05, 3.63) is 121 Å². The molecule has 2 heterocycles. The van der Waals surface area contributed by atoms with Crippen LogP contribution in [0.3, 0.4) is 0 Å². The fourth-order valence-electron chi connectivity index (χ4n) is 6.25. The van der Waals surface area contributed by atoms with Crippen LogP contribution in [0.25, 0.3) is 44.7 Å². The third kappa shape index (κ3) is 4.54. The van der Waals surface area contributed by atoms with Gasteiger partial charge in [0.15, 0.2) is 0 Å². The molecule has 1 aromatic heterocycles. The van der Waals surface area contributed by atoms with Crippen LogP contribution in [0.5, 0.6) is 5.75 Å². The Morgan fingerprint density at radius 3 is 2.00 bits per heavy atom. The zero-order chi connectivity index (χ0) is 37.8. The van der Waals surface area contributed by atoms with Crippen LogP contribution < -0.4 is 13.4 Å². The molecular weight excluding hydrogens is 634 g/mol. The van der Waals surface area contributed by atoms with Crippen LogP contribution in [0.4, 0.5) is 0 Å². The van der Waals surface area contributed by atoms with E-state index in [0.29, 0.717) is 16.7 Å². The Labute approximate surface area is 267 Å². The molecule has 0 amide bonds. The summed E-state index contributed by atoms with van der Waals surface area (Å²) in [6, 6.07) is 11.2. The number of phenolic OH excluding ortho intramolecular Hbond substituents is 1. The van der Waals surface area contributed by atoms with E-state index in [0.717, 1.165) is 0 Å². The van der Waals surface area contributed by atoms with Crippen LogP contribution in [0.15, 0.2) is 115 Å². The van der Waals surface area contributed by atoms with Crippen molar-refractivity contribution in [1.29, 1.82) is 0 Å². The molecule has 0 bridgehead atoms. The predicted octanol–water partition coefficient (Wildman–Crippen LogP) is 7.59. The number of phenols is 1. The van der Waals surface area contributed by atoms with Crippen molar-refractivity contribution < 1.29 is 23.4 Å². The Morgan fingerprint density at radius 1 is 0.762 bits per heavy atom. The third-order valence-corrected chi connectivity index (χ3v) is 25.9. The average Bonchev–Trinajstić information content (AvgIpc) is 3.49. The first kappa shape index (κ1) is 18.2. The van der Waals surface area contributed by atoms with Gasteiger partial charge in [0.05, 0.1) is 2.74 Å². The minimum absolute atomic E-state index is 0.108. The topological polar surface area (TPSA) is 29.0 Å². The van der Waals surface area contributed by atoms with Crippen LogP contribution in [0.2, 0.25) is 33.5 Å². The summed E-state index contributed by atoms with van der Waals surface area (Å²) in [4.78, 5) is 0. The molecule has 3 nitrogen and oxygen atoms in total. The minimum atomic E-state index is -2.52. The van der Waals surface area contributed by atoms with Gasteiger partial charge in [-0.05, 0) is 0 Å². The van der Waals surface area contributed by atoms with Crippen molar-refractivity contribution in [1.82, 2.24) is 4.57 Å². The summed E-state index contributed by atoms with van der Waals surface area (Å²) >= 11 is -5.00. The van der Waals surface area contributed by atoms with Gasteiger partial charge in [-0.2, -0.15) is 0 Å². The molecule has 0 spiro atoms. The molecule has 6 aromatic rings. The molecule has 0 saturated heterocycles. The van der Waals surface area contributed by atoms with E-state index in [9.17, 15) is 5.11 Å². The Bertz CT molecular complexity index is 2370. The molecule has 0 radical (unpaired) electrons. The number of benzene rings is 5. The molecule has 0 saturated carbocycles. The van der Waals surface area contributed by atoms with E-state index in [1.165, 1.54) is 19.3 Å². The molecule has 1 aliphatic heterocycles. The number of nitrogens with zero attached hydrogens (tertiary/aromatic N) is 2. The number of aromatic nitrogens is 2. The normalized spacial score (nSPS) is 18.8. The molecule has 0 unspecified atom stereocenters. The fourth-order valence-corrected chi connectivity index (χ4v) is 37.1. The Kier molecular flexibility index (Phi) is 4.47. The molecule has 0 fully saturated rings. The first-order valence-corrected chi connectivity index (χ1v) is 27.5. The third-order valence-electron chi connectivity index (χ3n) is 8.50. The van der Waals surface area contributed by atoms with Gasteiger partial charge in [0, 0.05) is 0 Å². The van der Waals surface area contributed by atoms with E-state index >= 15 is 0 Å². The first-order valence-electron chi connectivity index (χ1n) is 19.0. The zero-order valence-corrected chi connectivity index (χ0v) is 28.1. The van der Waals surface area contributed by atoms with E-state index in [1.807, 2.05) is 28.8 Å². The van der Waals surface area contributed by atoms with E-state index in [4.69, 9.17) is 13.7 Å². The number of imidazole rings is 1. The molecule has 0 aliphatic carbocycles. The van der Waals surface area contributed by atoms with Gasteiger partial charge in [-0.1, -0.05) is 0 Å². The van der Waals surface area contributed by atoms with E-state index < -0.39 is 87.0 Å². The summed E-state index contributed by atoms with van der Waals surface area (Å²) in [7, 11) is 0. The SMILES string of the molecule is [2H]c1c([2H])c([2H])c(-c2cccc(-c3c([2H])c([2H])c([2H])c([2H])c3[2H])c2-[n+]2[c-]n(-c3cc(O)[c]4[c](c3)[Ge]([CH3])([CH3])[CH2][CH2][Ge]4([CH3])[CH3])c3ccccc32)c([2H])c1[2H]. The summed E-state index contributed by atoms with van der Waals surface area (Å²) in [5, 5.41) is 14.0. The number of rotatable bonds is 4. The van der Waals surface area contributed by atoms with Crippen molar-refractivity contribution in [3.8, 4) is 39.4 Å². The second-order valence-electron chi connectivity index (χ2n) is 12.1. The molecule has 7 rings (SSSR count). The number of hydrogen-bond acceptors (Lipinski definition) is 1. The van der Waals surface area contributed by atoms with E-state index in [2.05, 4.69) is 35.4 Å². The van der Waals surface area contributed by atoms with Crippen LogP contribution in [0, 0.1) is 6.33 Å². The van der Waals surface area contributed by atoms with E-state index in [1.54, 1.807) is 28.8 Å². The van der Waals surface area contributed by atoms with Crippen LogP contribution in [-0.4, -0.2) is 36.2 Å². The number of hydrogen-bond donors (Lipinski definition) is 1. The second kappa shape index (κ2) is 10.3. The van der Waals surface area contributed by atoms with Gasteiger partial charge < -0.3 is 0 Å². The second-order valence-corrected chi connectivity index (χ2v) is 32.2. The van der Waals surface area contributed by atoms with Crippen molar-refractivity contribution in [2.45, 2.75) is 33.5 Å². The molecule has 42 heavy (non-hydrogen) atoms. The van der Waals surface area contributed by atoms with Crippen molar-refractivity contribution in [2.24, 2.45) is 0 Å². The van der Waals surface area contributed by atoms with Crippen LogP contribution in [-0.2, 0) is 0 Å². The number of fused-ring (bicyclic) bond motifs is 2. The van der Waals surface area contributed by atoms with Crippen molar-refractivity contribution in [3.63, 3.8) is 0 Å². The molecule has 1 aliphatic rings. The van der Waals surface area contributed by atoms with Gasteiger partial charge >= 0.3 is 266 Å². The Balaban J connectivity index is 1.63. The van der Waals surface area contributed by atoms with Gasteiger partial charge in [0.25, 0.3) is 0 Å². The first-order chi connectivity index (χ1) is 24.4. The average molecular weight is 680 g/mol. The summed E-state index contributed by atoms with van der Waals surface area (Å²) < 4.78 is 91.8. The molecular formula is C37H36Ge2N2O. The summed E-state index contributed by atoms with van der Waals surface area (Å²) in [5.74, 6) is 9.72. The predicted molar refractivity (Wildman–Crippen MR) is 180 cm³/mol. The molecule has 1 N–H and O–H groups in total. The Morgan fingerprint density at radius 2 is 1.36 bits per heavy atom. The van der Waals surface area contributed by atoms with Crippen LogP contribution in [0.1, 0.15) is 13.7 Å².